The Bertz CT molecular complexity index is 761. The smallest absolute Gasteiger partial charge is 0.223 e. The first-order valence-electron chi connectivity index (χ1n) is 9.15. The molecular formula is C20H26N4O3. The number of rotatable bonds is 6. The molecule has 1 aromatic carbocycles. The van der Waals surface area contributed by atoms with Crippen LogP contribution in [-0.4, -0.2) is 43.2 Å². The van der Waals surface area contributed by atoms with Crippen LogP contribution in [0.4, 0.5) is 5.82 Å². The second kappa shape index (κ2) is 8.70. The van der Waals surface area contributed by atoms with Crippen molar-refractivity contribution in [3.8, 4) is 11.5 Å². The molecule has 27 heavy (non-hydrogen) atoms. The summed E-state index contributed by atoms with van der Waals surface area (Å²) < 4.78 is 10.7. The van der Waals surface area contributed by atoms with E-state index >= 15 is 0 Å². The predicted molar refractivity (Wildman–Crippen MR) is 103 cm³/mol. The van der Waals surface area contributed by atoms with E-state index < -0.39 is 0 Å². The van der Waals surface area contributed by atoms with E-state index in [9.17, 15) is 4.79 Å². The van der Waals surface area contributed by atoms with E-state index in [1.54, 1.807) is 32.8 Å². The number of amides is 1. The van der Waals surface area contributed by atoms with Crippen LogP contribution in [0.15, 0.2) is 36.8 Å². The summed E-state index contributed by atoms with van der Waals surface area (Å²) in [6.07, 6.45) is 6.71. The van der Waals surface area contributed by atoms with Gasteiger partial charge in [-0.05, 0) is 38.0 Å². The van der Waals surface area contributed by atoms with Crippen LogP contribution in [0, 0.1) is 5.92 Å². The second-order valence-electron chi connectivity index (χ2n) is 6.66. The third-order valence-corrected chi connectivity index (χ3v) is 5.00. The zero-order valence-corrected chi connectivity index (χ0v) is 16.0. The van der Waals surface area contributed by atoms with Gasteiger partial charge in [0.1, 0.15) is 17.3 Å². The number of carbonyl (C=O) groups excluding carboxylic acids is 1. The van der Waals surface area contributed by atoms with Crippen molar-refractivity contribution in [2.24, 2.45) is 5.92 Å². The maximum atomic E-state index is 12.7. The highest BCUT2D eigenvalue weighted by Crippen LogP contribution is 2.30. The Morgan fingerprint density at radius 3 is 2.63 bits per heavy atom. The summed E-state index contributed by atoms with van der Waals surface area (Å²) in [5, 5.41) is 3.13. The summed E-state index contributed by atoms with van der Waals surface area (Å²) in [5.74, 6) is 2.42. The SMILES string of the molecule is COc1ccc(OC)c(C(C)NC(=O)C2CCN(c3cnccn3)CC2)c1. The average Bonchev–Trinajstić information content (AvgIpc) is 2.73. The fourth-order valence-corrected chi connectivity index (χ4v) is 3.41. The molecule has 2 aromatic rings. The van der Waals surface area contributed by atoms with Gasteiger partial charge in [-0.15, -0.1) is 0 Å². The third kappa shape index (κ3) is 4.48. The number of nitrogens with zero attached hydrogens (tertiary/aromatic N) is 3. The maximum Gasteiger partial charge on any atom is 0.223 e. The molecule has 1 aliphatic rings. The maximum absolute atomic E-state index is 12.7. The van der Waals surface area contributed by atoms with E-state index in [0.29, 0.717) is 0 Å². The summed E-state index contributed by atoms with van der Waals surface area (Å²) in [5.41, 5.74) is 0.905. The minimum atomic E-state index is -0.166. The molecule has 3 rings (SSSR count). The molecule has 0 spiro atoms. The lowest BCUT2D eigenvalue weighted by Crippen LogP contribution is -2.41. The van der Waals surface area contributed by atoms with Gasteiger partial charge >= 0.3 is 0 Å². The number of anilines is 1. The molecular weight excluding hydrogens is 344 g/mol. The highest BCUT2D eigenvalue weighted by molar-refractivity contribution is 5.79. The van der Waals surface area contributed by atoms with Crippen LogP contribution in [-0.2, 0) is 4.79 Å². The van der Waals surface area contributed by atoms with Crippen LogP contribution in [0.2, 0.25) is 0 Å². The number of nitrogens with one attached hydrogen (secondary N) is 1. The molecule has 1 aliphatic heterocycles. The van der Waals surface area contributed by atoms with Gasteiger partial charge in [-0.3, -0.25) is 9.78 Å². The molecule has 0 saturated carbocycles. The number of hydrogen-bond donors (Lipinski definition) is 1. The molecule has 1 fully saturated rings. The number of ether oxygens (including phenoxy) is 2. The van der Waals surface area contributed by atoms with Gasteiger partial charge < -0.3 is 19.7 Å². The molecule has 7 nitrogen and oxygen atoms in total. The number of piperidine rings is 1. The Morgan fingerprint density at radius 1 is 1.22 bits per heavy atom. The molecule has 1 atom stereocenters. The van der Waals surface area contributed by atoms with Gasteiger partial charge in [0, 0.05) is 37.0 Å². The molecule has 1 amide bonds. The lowest BCUT2D eigenvalue weighted by Gasteiger charge is -2.32. The van der Waals surface area contributed by atoms with Crippen LogP contribution >= 0.6 is 0 Å². The van der Waals surface area contributed by atoms with E-state index in [1.165, 1.54) is 0 Å². The van der Waals surface area contributed by atoms with Gasteiger partial charge in [0.05, 0.1) is 26.5 Å². The lowest BCUT2D eigenvalue weighted by atomic mass is 9.95. The number of hydrogen-bond acceptors (Lipinski definition) is 6. The van der Waals surface area contributed by atoms with Gasteiger partial charge in [0.2, 0.25) is 5.91 Å². The van der Waals surface area contributed by atoms with Crippen LogP contribution in [0.5, 0.6) is 11.5 Å². The van der Waals surface area contributed by atoms with Crippen molar-refractivity contribution in [3.63, 3.8) is 0 Å². The Balaban J connectivity index is 1.59. The van der Waals surface area contributed by atoms with E-state index in [2.05, 4.69) is 20.2 Å². The Labute approximate surface area is 159 Å². The van der Waals surface area contributed by atoms with Crippen molar-refractivity contribution in [2.45, 2.75) is 25.8 Å². The van der Waals surface area contributed by atoms with Crippen molar-refractivity contribution in [3.05, 3.63) is 42.4 Å². The normalized spacial score (nSPS) is 15.9. The summed E-state index contributed by atoms with van der Waals surface area (Å²) in [7, 11) is 3.25. The zero-order valence-electron chi connectivity index (χ0n) is 16.0. The van der Waals surface area contributed by atoms with Gasteiger partial charge in [-0.25, -0.2) is 4.98 Å². The highest BCUT2D eigenvalue weighted by atomic mass is 16.5. The highest BCUT2D eigenvalue weighted by Gasteiger charge is 2.27. The Morgan fingerprint density at radius 2 is 2.00 bits per heavy atom. The van der Waals surface area contributed by atoms with E-state index in [-0.39, 0.29) is 17.9 Å². The van der Waals surface area contributed by atoms with Gasteiger partial charge in [0.25, 0.3) is 0 Å². The summed E-state index contributed by atoms with van der Waals surface area (Å²) in [4.78, 5) is 23.4. The molecule has 0 bridgehead atoms. The summed E-state index contributed by atoms with van der Waals surface area (Å²) in [6.45, 7) is 3.56. The first-order chi connectivity index (χ1) is 13.1. The van der Waals surface area contributed by atoms with Crippen LogP contribution in [0.1, 0.15) is 31.4 Å². The molecule has 1 saturated heterocycles. The fourth-order valence-electron chi connectivity index (χ4n) is 3.41. The first-order valence-corrected chi connectivity index (χ1v) is 9.15. The minimum absolute atomic E-state index is 0.00280. The van der Waals surface area contributed by atoms with Crippen molar-refractivity contribution in [2.75, 3.05) is 32.2 Å². The average molecular weight is 370 g/mol. The number of aromatic nitrogens is 2. The number of carbonyl (C=O) groups is 1. The van der Waals surface area contributed by atoms with Crippen LogP contribution in [0.25, 0.3) is 0 Å². The lowest BCUT2D eigenvalue weighted by molar-refractivity contribution is -0.126. The van der Waals surface area contributed by atoms with Gasteiger partial charge in [-0.1, -0.05) is 0 Å². The molecule has 0 radical (unpaired) electrons. The Hall–Kier alpha value is -2.83. The molecule has 7 heteroatoms. The van der Waals surface area contributed by atoms with Gasteiger partial charge in [0.15, 0.2) is 0 Å². The molecule has 1 N–H and O–H groups in total. The number of methoxy groups -OCH3 is 2. The second-order valence-corrected chi connectivity index (χ2v) is 6.66. The van der Waals surface area contributed by atoms with E-state index in [1.807, 2.05) is 25.1 Å². The quantitative estimate of drug-likeness (QED) is 0.842. The molecule has 2 heterocycles. The van der Waals surface area contributed by atoms with Crippen LogP contribution < -0.4 is 19.7 Å². The summed E-state index contributed by atoms with van der Waals surface area (Å²) in [6, 6.07) is 5.44. The van der Waals surface area contributed by atoms with E-state index in [0.717, 1.165) is 48.8 Å². The zero-order chi connectivity index (χ0) is 19.2. The molecule has 1 aromatic heterocycles. The molecule has 0 aliphatic carbocycles. The monoisotopic (exact) mass is 370 g/mol. The third-order valence-electron chi connectivity index (χ3n) is 5.00. The Kier molecular flexibility index (Phi) is 6.11. The largest absolute Gasteiger partial charge is 0.497 e. The standard InChI is InChI=1S/C20H26N4O3/c1-14(17-12-16(26-2)4-5-18(17)27-3)23-20(25)15-6-10-24(11-7-15)19-13-21-8-9-22-19/h4-5,8-9,12-15H,6-7,10-11H2,1-3H3,(H,23,25). The van der Waals surface area contributed by atoms with Crippen LogP contribution in [0.3, 0.4) is 0 Å². The molecule has 144 valence electrons. The first kappa shape index (κ1) is 18.9. The predicted octanol–water partition coefficient (Wildman–Crippen LogP) is 2.59. The molecule has 1 unspecified atom stereocenters. The van der Waals surface area contributed by atoms with Crippen molar-refractivity contribution >= 4 is 11.7 Å². The topological polar surface area (TPSA) is 76.6 Å². The van der Waals surface area contributed by atoms with Crippen molar-refractivity contribution < 1.29 is 14.3 Å². The van der Waals surface area contributed by atoms with Gasteiger partial charge in [-0.2, -0.15) is 0 Å². The fraction of sp³-hybridized carbons (Fsp3) is 0.450. The summed E-state index contributed by atoms with van der Waals surface area (Å²) >= 11 is 0. The van der Waals surface area contributed by atoms with E-state index in [4.69, 9.17) is 9.47 Å². The van der Waals surface area contributed by atoms with Crippen molar-refractivity contribution in [1.82, 2.24) is 15.3 Å². The minimum Gasteiger partial charge on any atom is -0.497 e. The van der Waals surface area contributed by atoms with Crippen molar-refractivity contribution in [1.29, 1.82) is 0 Å². The number of benzene rings is 1.